The quantitative estimate of drug-likeness (QED) is 0.680. The molecule has 0 saturated heterocycles. The summed E-state index contributed by atoms with van der Waals surface area (Å²) in [7, 11) is 0. The fourth-order valence-corrected chi connectivity index (χ4v) is 7.05. The van der Waals surface area contributed by atoms with Gasteiger partial charge < -0.3 is 4.57 Å². The first-order valence-electron chi connectivity index (χ1n) is 7.99. The van der Waals surface area contributed by atoms with Crippen LogP contribution in [0.15, 0.2) is 12.1 Å². The molecule has 4 fully saturated rings. The minimum Gasteiger partial charge on any atom is -0.343 e. The Hall–Kier alpha value is -0.720. The van der Waals surface area contributed by atoms with E-state index in [0.717, 1.165) is 5.92 Å². The molecular formula is C18H27N. The number of hydrogen-bond donors (Lipinski definition) is 0. The Bertz CT molecular complexity index is 500. The summed E-state index contributed by atoms with van der Waals surface area (Å²) in [5, 5.41) is 0. The van der Waals surface area contributed by atoms with Crippen LogP contribution in [0.1, 0.15) is 63.8 Å². The maximum Gasteiger partial charge on any atom is 0.0458 e. The molecule has 0 aromatic carbocycles. The van der Waals surface area contributed by atoms with Crippen molar-refractivity contribution in [1.29, 1.82) is 0 Å². The molecule has 0 spiro atoms. The van der Waals surface area contributed by atoms with E-state index in [4.69, 9.17) is 0 Å². The van der Waals surface area contributed by atoms with Crippen molar-refractivity contribution in [2.45, 2.75) is 71.8 Å². The number of rotatable bonds is 1. The second kappa shape index (κ2) is 3.30. The van der Waals surface area contributed by atoms with Gasteiger partial charge in [-0.3, -0.25) is 0 Å². The van der Waals surface area contributed by atoms with Crippen LogP contribution < -0.4 is 0 Å². The van der Waals surface area contributed by atoms with Gasteiger partial charge in [0.15, 0.2) is 0 Å². The lowest BCUT2D eigenvalue weighted by Crippen LogP contribution is -2.59. The van der Waals surface area contributed by atoms with Crippen LogP contribution in [0, 0.1) is 30.6 Å². The smallest absolute Gasteiger partial charge is 0.0458 e. The summed E-state index contributed by atoms with van der Waals surface area (Å²) in [5.74, 6) is 0.979. The third kappa shape index (κ3) is 1.53. The van der Waals surface area contributed by atoms with Crippen LogP contribution in [0.4, 0.5) is 0 Å². The molecule has 4 bridgehead atoms. The first-order chi connectivity index (χ1) is 8.83. The van der Waals surface area contributed by atoms with Gasteiger partial charge in [0.2, 0.25) is 0 Å². The Morgan fingerprint density at radius 1 is 0.895 bits per heavy atom. The zero-order chi connectivity index (χ0) is 13.5. The Kier molecular flexibility index (Phi) is 2.09. The summed E-state index contributed by atoms with van der Waals surface area (Å²) < 4.78 is 2.72. The summed E-state index contributed by atoms with van der Waals surface area (Å²) in [5.41, 5.74) is 4.62. The number of aryl methyl sites for hydroxylation is 2. The van der Waals surface area contributed by atoms with Gasteiger partial charge in [-0.2, -0.15) is 0 Å². The Balaban J connectivity index is 1.88. The number of aromatic nitrogens is 1. The molecule has 1 aromatic heterocycles. The van der Waals surface area contributed by atoms with E-state index in [1.54, 1.807) is 0 Å². The molecule has 0 N–H and O–H groups in total. The van der Waals surface area contributed by atoms with Gasteiger partial charge in [0.1, 0.15) is 0 Å². The molecule has 2 unspecified atom stereocenters. The van der Waals surface area contributed by atoms with Crippen LogP contribution in [-0.4, -0.2) is 4.57 Å². The first kappa shape index (κ1) is 12.1. The molecule has 4 saturated carbocycles. The van der Waals surface area contributed by atoms with Crippen LogP contribution in [0.25, 0.3) is 0 Å². The van der Waals surface area contributed by atoms with E-state index in [-0.39, 0.29) is 0 Å². The third-order valence-electron chi connectivity index (χ3n) is 6.34. The van der Waals surface area contributed by atoms with Crippen LogP contribution in [0.2, 0.25) is 0 Å². The molecule has 4 aliphatic rings. The predicted octanol–water partition coefficient (Wildman–Crippen LogP) is 4.81. The van der Waals surface area contributed by atoms with E-state index in [0.29, 0.717) is 16.4 Å². The van der Waals surface area contributed by atoms with Crippen molar-refractivity contribution >= 4 is 0 Å². The third-order valence-corrected chi connectivity index (χ3v) is 6.34. The lowest BCUT2D eigenvalue weighted by Gasteiger charge is -2.66. The fraction of sp³-hybridized carbons (Fsp3) is 0.778. The summed E-state index contributed by atoms with van der Waals surface area (Å²) in [6.45, 7) is 9.74. The Labute approximate surface area is 117 Å². The van der Waals surface area contributed by atoms with Crippen molar-refractivity contribution in [3.63, 3.8) is 0 Å². The highest BCUT2D eigenvalue weighted by atomic mass is 15.1. The van der Waals surface area contributed by atoms with E-state index >= 15 is 0 Å². The molecule has 1 nitrogen and oxygen atoms in total. The van der Waals surface area contributed by atoms with Crippen LogP contribution >= 0.6 is 0 Å². The van der Waals surface area contributed by atoms with Crippen LogP contribution in [0.5, 0.6) is 0 Å². The minimum atomic E-state index is 0.445. The van der Waals surface area contributed by atoms with Crippen molar-refractivity contribution in [2.24, 2.45) is 16.7 Å². The zero-order valence-corrected chi connectivity index (χ0v) is 12.9. The average Bonchev–Trinajstić information content (AvgIpc) is 2.53. The molecule has 104 valence electrons. The average molecular weight is 257 g/mol. The topological polar surface area (TPSA) is 4.93 Å². The molecule has 5 rings (SSSR count). The molecule has 1 aromatic rings. The van der Waals surface area contributed by atoms with Gasteiger partial charge in [0.05, 0.1) is 0 Å². The van der Waals surface area contributed by atoms with Gasteiger partial charge in [0.25, 0.3) is 0 Å². The highest BCUT2D eigenvalue weighted by Gasteiger charge is 2.61. The van der Waals surface area contributed by atoms with Crippen molar-refractivity contribution in [2.75, 3.05) is 0 Å². The van der Waals surface area contributed by atoms with Gasteiger partial charge in [-0.25, -0.2) is 0 Å². The monoisotopic (exact) mass is 257 g/mol. The van der Waals surface area contributed by atoms with Crippen LogP contribution in [0.3, 0.4) is 0 Å². The highest BCUT2D eigenvalue weighted by molar-refractivity contribution is 5.22. The summed E-state index contributed by atoms with van der Waals surface area (Å²) in [6, 6.07) is 4.64. The predicted molar refractivity (Wildman–Crippen MR) is 79.3 cm³/mol. The van der Waals surface area contributed by atoms with E-state index in [9.17, 15) is 0 Å². The lowest BCUT2D eigenvalue weighted by atomic mass is 9.42. The highest BCUT2D eigenvalue weighted by Crippen LogP contribution is 2.68. The molecule has 0 radical (unpaired) electrons. The molecule has 2 atom stereocenters. The maximum atomic E-state index is 2.72. The molecular weight excluding hydrogens is 230 g/mol. The van der Waals surface area contributed by atoms with E-state index < -0.39 is 0 Å². The molecule has 1 heterocycles. The molecule has 19 heavy (non-hydrogen) atoms. The van der Waals surface area contributed by atoms with Gasteiger partial charge in [-0.1, -0.05) is 13.8 Å². The van der Waals surface area contributed by atoms with E-state index in [1.807, 2.05) is 0 Å². The molecule has 0 aliphatic heterocycles. The number of hydrogen-bond acceptors (Lipinski definition) is 0. The zero-order valence-electron chi connectivity index (χ0n) is 12.9. The largest absolute Gasteiger partial charge is 0.343 e. The van der Waals surface area contributed by atoms with E-state index in [1.165, 1.54) is 49.9 Å². The molecule has 4 aliphatic carbocycles. The second-order valence-electron chi connectivity index (χ2n) is 8.81. The SMILES string of the molecule is Cc1ccc(C)n1C12CC3CC(C)(CC(C)(C3)C1)C2. The van der Waals surface area contributed by atoms with Crippen molar-refractivity contribution in [3.8, 4) is 0 Å². The van der Waals surface area contributed by atoms with Crippen LogP contribution in [-0.2, 0) is 5.54 Å². The second-order valence-corrected chi connectivity index (χ2v) is 8.81. The van der Waals surface area contributed by atoms with Gasteiger partial charge in [0, 0.05) is 16.9 Å². The standard InChI is InChI=1S/C18H27N/c1-13-5-6-14(2)19(13)18-9-15-7-16(3,11-18)10-17(4,8-15)12-18/h5-6,15H,7-12H2,1-4H3. The normalized spacial score (nSPS) is 47.9. The summed E-state index contributed by atoms with van der Waals surface area (Å²) in [4.78, 5) is 0. The van der Waals surface area contributed by atoms with Gasteiger partial charge in [-0.15, -0.1) is 0 Å². The van der Waals surface area contributed by atoms with E-state index in [2.05, 4.69) is 44.4 Å². The van der Waals surface area contributed by atoms with Crippen molar-refractivity contribution in [3.05, 3.63) is 23.5 Å². The summed E-state index contributed by atoms with van der Waals surface area (Å²) in [6.07, 6.45) is 8.73. The van der Waals surface area contributed by atoms with Gasteiger partial charge in [-0.05, 0) is 81.3 Å². The van der Waals surface area contributed by atoms with Crippen molar-refractivity contribution < 1.29 is 0 Å². The van der Waals surface area contributed by atoms with Crippen molar-refractivity contribution in [1.82, 2.24) is 4.57 Å². The maximum absolute atomic E-state index is 2.72. The van der Waals surface area contributed by atoms with Gasteiger partial charge >= 0.3 is 0 Å². The Morgan fingerprint density at radius 3 is 1.89 bits per heavy atom. The fourth-order valence-electron chi connectivity index (χ4n) is 7.05. The number of nitrogens with zero attached hydrogens (tertiary/aromatic N) is 1. The molecule has 0 amide bonds. The summed E-state index contributed by atoms with van der Waals surface area (Å²) >= 11 is 0. The minimum absolute atomic E-state index is 0.445. The first-order valence-corrected chi connectivity index (χ1v) is 7.99. The molecule has 1 heteroatoms. The Morgan fingerprint density at radius 2 is 1.42 bits per heavy atom. The lowest BCUT2D eigenvalue weighted by molar-refractivity contribution is -0.136.